The Morgan fingerprint density at radius 1 is 1.07 bits per heavy atom. The van der Waals surface area contributed by atoms with E-state index in [1.165, 1.54) is 27.3 Å². The molecule has 40 heavy (non-hydrogen) atoms. The number of rotatable bonds is 5. The summed E-state index contributed by atoms with van der Waals surface area (Å²) >= 11 is 13.0. The zero-order valence-electron chi connectivity index (χ0n) is 21.9. The molecular formula is C29H25ClFN5O2S2. The van der Waals surface area contributed by atoms with E-state index in [1.54, 1.807) is 44.3 Å². The lowest BCUT2D eigenvalue weighted by Crippen LogP contribution is -2.48. The summed E-state index contributed by atoms with van der Waals surface area (Å²) in [6.07, 6.45) is 1.72. The Morgan fingerprint density at radius 3 is 2.40 bits per heavy atom. The van der Waals surface area contributed by atoms with Gasteiger partial charge in [-0.1, -0.05) is 65.9 Å². The van der Waals surface area contributed by atoms with Crippen molar-refractivity contribution in [2.45, 2.75) is 13.5 Å². The summed E-state index contributed by atoms with van der Waals surface area (Å²) in [7, 11) is 1.63. The minimum absolute atomic E-state index is 0.0223. The lowest BCUT2D eigenvalue weighted by molar-refractivity contribution is -0.122. The average molecular weight is 594 g/mol. The molecule has 0 bridgehead atoms. The summed E-state index contributed by atoms with van der Waals surface area (Å²) in [4.78, 5) is 32.5. The molecule has 7 nitrogen and oxygen atoms in total. The van der Waals surface area contributed by atoms with Crippen molar-refractivity contribution in [1.29, 1.82) is 5.26 Å². The van der Waals surface area contributed by atoms with Gasteiger partial charge in [0.05, 0.1) is 17.1 Å². The van der Waals surface area contributed by atoms with Crippen molar-refractivity contribution < 1.29 is 9.18 Å². The van der Waals surface area contributed by atoms with Gasteiger partial charge < -0.3 is 9.80 Å². The number of pyridine rings is 1. The second-order valence-corrected chi connectivity index (χ2v) is 11.6. The summed E-state index contributed by atoms with van der Waals surface area (Å²) in [5.41, 5.74) is 2.03. The first kappa shape index (κ1) is 27.9. The average Bonchev–Trinajstić information content (AvgIpc) is 3.21. The van der Waals surface area contributed by atoms with Gasteiger partial charge in [-0.2, -0.15) is 5.26 Å². The molecule has 2 saturated heterocycles. The van der Waals surface area contributed by atoms with Crippen LogP contribution in [-0.4, -0.2) is 45.9 Å². The molecule has 0 spiro atoms. The van der Waals surface area contributed by atoms with Crippen LogP contribution in [-0.2, 0) is 18.4 Å². The fourth-order valence-corrected chi connectivity index (χ4v) is 6.46. The molecule has 2 aliphatic rings. The molecule has 0 aliphatic carbocycles. The second kappa shape index (κ2) is 11.5. The number of carbonyl (C=O) groups is 1. The topological polar surface area (TPSA) is 72.6 Å². The maximum Gasteiger partial charge on any atom is 0.270 e. The van der Waals surface area contributed by atoms with Crippen LogP contribution in [0.4, 0.5) is 15.9 Å². The number of amides is 1. The molecule has 5 rings (SSSR count). The van der Waals surface area contributed by atoms with E-state index in [9.17, 15) is 19.2 Å². The number of benzene rings is 2. The quantitative estimate of drug-likeness (QED) is 0.302. The molecule has 0 saturated carbocycles. The van der Waals surface area contributed by atoms with E-state index >= 15 is 0 Å². The maximum absolute atomic E-state index is 14.4. The van der Waals surface area contributed by atoms with Crippen LogP contribution in [0, 0.1) is 24.1 Å². The number of halogens is 2. The Balaban J connectivity index is 1.50. The molecule has 11 heteroatoms. The largest absolute Gasteiger partial charge is 0.366 e. The summed E-state index contributed by atoms with van der Waals surface area (Å²) in [6, 6.07) is 16.0. The van der Waals surface area contributed by atoms with E-state index in [0.717, 1.165) is 5.56 Å². The summed E-state index contributed by atoms with van der Waals surface area (Å²) < 4.78 is 16.3. The zero-order chi connectivity index (χ0) is 28.6. The van der Waals surface area contributed by atoms with E-state index in [-0.39, 0.29) is 23.8 Å². The molecule has 0 N–H and O–H groups in total. The third kappa shape index (κ3) is 5.12. The predicted octanol–water partition coefficient (Wildman–Crippen LogP) is 5.09. The molecule has 1 aromatic heterocycles. The van der Waals surface area contributed by atoms with Gasteiger partial charge in [0.1, 0.15) is 27.6 Å². The minimum atomic E-state index is -0.407. The monoisotopic (exact) mass is 593 g/mol. The highest BCUT2D eigenvalue weighted by molar-refractivity contribution is 8.26. The molecule has 2 aliphatic heterocycles. The Kier molecular flexibility index (Phi) is 7.99. The first-order valence-electron chi connectivity index (χ1n) is 12.6. The van der Waals surface area contributed by atoms with Crippen molar-refractivity contribution >= 4 is 63.4 Å². The number of carbonyl (C=O) groups excluding carboxylic acids is 1. The molecular weight excluding hydrogens is 569 g/mol. The number of thioether (sulfide) groups is 1. The molecule has 2 aromatic carbocycles. The number of piperazine rings is 1. The van der Waals surface area contributed by atoms with Gasteiger partial charge in [0.25, 0.3) is 11.5 Å². The Hall–Kier alpha value is -3.65. The third-order valence-electron chi connectivity index (χ3n) is 7.18. The lowest BCUT2D eigenvalue weighted by Gasteiger charge is -2.38. The Bertz CT molecular complexity index is 1660. The van der Waals surface area contributed by atoms with Gasteiger partial charge in [0.2, 0.25) is 0 Å². The van der Waals surface area contributed by atoms with Gasteiger partial charge >= 0.3 is 0 Å². The van der Waals surface area contributed by atoms with Crippen LogP contribution in [0.2, 0.25) is 5.02 Å². The van der Waals surface area contributed by atoms with Crippen molar-refractivity contribution in [3.05, 3.63) is 96.9 Å². The van der Waals surface area contributed by atoms with Gasteiger partial charge in [-0.15, -0.1) is 0 Å². The second-order valence-electron chi connectivity index (χ2n) is 9.50. The highest BCUT2D eigenvalue weighted by Gasteiger charge is 2.34. The van der Waals surface area contributed by atoms with Crippen LogP contribution in [0.3, 0.4) is 0 Å². The van der Waals surface area contributed by atoms with Gasteiger partial charge in [-0.25, -0.2) is 4.39 Å². The predicted molar refractivity (Wildman–Crippen MR) is 162 cm³/mol. The standard InChI is InChI=1S/C29H25ClFN5O2S2/c1-18-20(15-25-28(38)36(29(39)40-25)17-19-7-3-4-8-22(19)30)26(33(2)27(37)21(18)16-32)35-13-11-34(12-14-35)24-10-6-5-9-23(24)31/h3-10,15H,11-14,17H2,1-2H3/b25-15-. The Labute approximate surface area is 246 Å². The van der Waals surface area contributed by atoms with Crippen LogP contribution in [0.15, 0.2) is 58.2 Å². The highest BCUT2D eigenvalue weighted by atomic mass is 35.5. The summed E-state index contributed by atoms with van der Waals surface area (Å²) in [5.74, 6) is 0.0557. The fraction of sp³-hybridized carbons (Fsp3) is 0.241. The number of nitrogens with zero attached hydrogens (tertiary/aromatic N) is 5. The minimum Gasteiger partial charge on any atom is -0.366 e. The number of para-hydroxylation sites is 1. The molecule has 204 valence electrons. The fourth-order valence-electron chi connectivity index (χ4n) is 5.03. The molecule has 0 radical (unpaired) electrons. The number of hydrogen-bond acceptors (Lipinski definition) is 7. The lowest BCUT2D eigenvalue weighted by atomic mass is 10.0. The van der Waals surface area contributed by atoms with Crippen LogP contribution < -0.4 is 15.4 Å². The maximum atomic E-state index is 14.4. The smallest absolute Gasteiger partial charge is 0.270 e. The van der Waals surface area contributed by atoms with Crippen LogP contribution in [0.5, 0.6) is 0 Å². The van der Waals surface area contributed by atoms with Gasteiger partial charge in [0.15, 0.2) is 0 Å². The van der Waals surface area contributed by atoms with Crippen LogP contribution in [0.1, 0.15) is 22.3 Å². The third-order valence-corrected chi connectivity index (χ3v) is 8.92. The first-order valence-corrected chi connectivity index (χ1v) is 14.2. The normalized spacial score (nSPS) is 16.7. The molecule has 3 heterocycles. The number of anilines is 2. The SMILES string of the molecule is Cc1c(/C=C2\SC(=S)N(Cc3ccccc3Cl)C2=O)c(N2CCN(c3ccccc3F)CC2)n(C)c(=O)c1C#N. The molecule has 3 aromatic rings. The van der Waals surface area contributed by atoms with E-state index in [2.05, 4.69) is 0 Å². The summed E-state index contributed by atoms with van der Waals surface area (Å²) in [6.45, 7) is 4.06. The number of nitriles is 1. The van der Waals surface area contributed by atoms with Gasteiger partial charge in [-0.05, 0) is 42.3 Å². The van der Waals surface area contributed by atoms with Crippen LogP contribution in [0.25, 0.3) is 6.08 Å². The van der Waals surface area contributed by atoms with Gasteiger partial charge in [-0.3, -0.25) is 19.1 Å². The van der Waals surface area contributed by atoms with Gasteiger partial charge in [0, 0.05) is 43.8 Å². The van der Waals surface area contributed by atoms with Crippen molar-refractivity contribution in [2.24, 2.45) is 7.05 Å². The van der Waals surface area contributed by atoms with E-state index in [0.29, 0.717) is 63.1 Å². The van der Waals surface area contributed by atoms with Crippen LogP contribution >= 0.6 is 35.6 Å². The number of thiocarbonyl (C=S) groups is 1. The first-order chi connectivity index (χ1) is 19.2. The van der Waals surface area contributed by atoms with Crippen molar-refractivity contribution in [3.63, 3.8) is 0 Å². The number of aromatic nitrogens is 1. The molecule has 1 amide bonds. The molecule has 0 atom stereocenters. The summed E-state index contributed by atoms with van der Waals surface area (Å²) in [5, 5.41) is 10.3. The van der Waals surface area contributed by atoms with Crippen molar-refractivity contribution in [1.82, 2.24) is 9.47 Å². The van der Waals surface area contributed by atoms with E-state index in [1.807, 2.05) is 34.1 Å². The Morgan fingerprint density at radius 2 is 1.73 bits per heavy atom. The van der Waals surface area contributed by atoms with Crippen molar-refractivity contribution in [3.8, 4) is 6.07 Å². The van der Waals surface area contributed by atoms with E-state index in [4.69, 9.17) is 23.8 Å². The number of hydrogen-bond donors (Lipinski definition) is 0. The molecule has 2 fully saturated rings. The zero-order valence-corrected chi connectivity index (χ0v) is 24.2. The highest BCUT2D eigenvalue weighted by Crippen LogP contribution is 2.37. The molecule has 0 unspecified atom stereocenters. The van der Waals surface area contributed by atoms with E-state index < -0.39 is 5.56 Å². The van der Waals surface area contributed by atoms with Crippen molar-refractivity contribution in [2.75, 3.05) is 36.0 Å².